The van der Waals surface area contributed by atoms with Crippen molar-refractivity contribution < 1.29 is 0 Å². The molecule has 21 heavy (non-hydrogen) atoms. The van der Waals surface area contributed by atoms with E-state index in [9.17, 15) is 0 Å². The third-order valence-electron chi connectivity index (χ3n) is 4.44. The van der Waals surface area contributed by atoms with Crippen molar-refractivity contribution in [2.24, 2.45) is 10.7 Å². The summed E-state index contributed by atoms with van der Waals surface area (Å²) in [6.07, 6.45) is 4.77. The molecule has 0 spiro atoms. The minimum absolute atomic E-state index is 0.553. The van der Waals surface area contributed by atoms with Crippen molar-refractivity contribution in [3.8, 4) is 0 Å². The molecule has 1 aliphatic heterocycles. The van der Waals surface area contributed by atoms with Gasteiger partial charge in [0.2, 0.25) is 0 Å². The fourth-order valence-electron chi connectivity index (χ4n) is 2.93. The van der Waals surface area contributed by atoms with Gasteiger partial charge in [-0.1, -0.05) is 23.7 Å². The van der Waals surface area contributed by atoms with E-state index in [1.54, 1.807) is 0 Å². The number of nitrogens with two attached hydrogens (primary N) is 1. The molecule has 0 unspecified atom stereocenters. The fraction of sp³-hybridized carbons (Fsp3) is 0.562. The molecule has 1 aromatic rings. The molecule has 1 aliphatic carbocycles. The second kappa shape index (κ2) is 6.67. The molecule has 0 aromatic heterocycles. The Bertz CT molecular complexity index is 525. The van der Waals surface area contributed by atoms with Crippen molar-refractivity contribution in [2.45, 2.75) is 38.3 Å². The molecular formula is C16H23ClN4. The Morgan fingerprint density at radius 3 is 3.05 bits per heavy atom. The lowest BCUT2D eigenvalue weighted by Crippen LogP contribution is -2.44. The Labute approximate surface area is 131 Å². The first-order valence-electron chi connectivity index (χ1n) is 7.77. The molecule has 0 amide bonds. The Hall–Kier alpha value is -1.26. The molecule has 114 valence electrons. The highest BCUT2D eigenvalue weighted by Gasteiger charge is 2.18. The predicted octanol–water partition coefficient (Wildman–Crippen LogP) is 2.15. The highest BCUT2D eigenvalue weighted by Crippen LogP contribution is 2.25. The molecule has 5 heteroatoms. The molecule has 3 N–H and O–H groups in total. The number of hydrogen-bond acceptors (Lipinski definition) is 2. The van der Waals surface area contributed by atoms with Crippen LogP contribution < -0.4 is 11.1 Å². The van der Waals surface area contributed by atoms with Gasteiger partial charge < -0.3 is 11.1 Å². The van der Waals surface area contributed by atoms with Gasteiger partial charge in [-0.15, -0.1) is 0 Å². The van der Waals surface area contributed by atoms with Crippen LogP contribution in [0, 0.1) is 0 Å². The number of rotatable bonds is 4. The summed E-state index contributed by atoms with van der Waals surface area (Å²) in [6.45, 7) is 3.70. The van der Waals surface area contributed by atoms with Gasteiger partial charge >= 0.3 is 0 Å². The Morgan fingerprint density at radius 1 is 1.43 bits per heavy atom. The smallest absolute Gasteiger partial charge is 0.188 e. The number of hydrogen-bond donors (Lipinski definition) is 2. The number of fused-ring (bicyclic) bond motifs is 1. The van der Waals surface area contributed by atoms with Crippen LogP contribution in [0.4, 0.5) is 0 Å². The van der Waals surface area contributed by atoms with Crippen molar-refractivity contribution in [1.29, 1.82) is 0 Å². The summed E-state index contributed by atoms with van der Waals surface area (Å²) in [4.78, 5) is 6.84. The number of halogens is 1. The van der Waals surface area contributed by atoms with Crippen molar-refractivity contribution >= 4 is 17.6 Å². The minimum Gasteiger partial charge on any atom is -0.370 e. The van der Waals surface area contributed by atoms with Crippen molar-refractivity contribution in [1.82, 2.24) is 10.2 Å². The number of nitrogens with zero attached hydrogens (tertiary/aromatic N) is 2. The molecule has 0 atom stereocenters. The molecule has 0 radical (unpaired) electrons. The zero-order chi connectivity index (χ0) is 14.7. The van der Waals surface area contributed by atoms with Crippen LogP contribution in [0.5, 0.6) is 0 Å². The summed E-state index contributed by atoms with van der Waals surface area (Å²) in [7, 11) is 0. The van der Waals surface area contributed by atoms with Gasteiger partial charge in [-0.3, -0.25) is 9.89 Å². The number of guanidine groups is 1. The summed E-state index contributed by atoms with van der Waals surface area (Å²) >= 11 is 6.24. The lowest BCUT2D eigenvalue weighted by molar-refractivity contribution is 0.261. The van der Waals surface area contributed by atoms with E-state index in [1.165, 1.54) is 30.4 Å². The van der Waals surface area contributed by atoms with E-state index in [1.807, 2.05) is 12.1 Å². The van der Waals surface area contributed by atoms with Crippen LogP contribution in [0.3, 0.4) is 0 Å². The van der Waals surface area contributed by atoms with Crippen LogP contribution in [0.1, 0.15) is 30.4 Å². The molecule has 1 aromatic carbocycles. The van der Waals surface area contributed by atoms with Crippen molar-refractivity contribution in [3.63, 3.8) is 0 Å². The average Bonchev–Trinajstić information content (AvgIpc) is 2.43. The van der Waals surface area contributed by atoms with Crippen LogP contribution in [0.25, 0.3) is 0 Å². The van der Waals surface area contributed by atoms with Gasteiger partial charge in [0.25, 0.3) is 0 Å². The van der Waals surface area contributed by atoms with Crippen LogP contribution in [0.2, 0.25) is 5.02 Å². The van der Waals surface area contributed by atoms with E-state index in [2.05, 4.69) is 21.3 Å². The molecule has 3 rings (SSSR count). The molecule has 2 aliphatic rings. The molecule has 1 saturated carbocycles. The molecule has 4 nitrogen and oxygen atoms in total. The van der Waals surface area contributed by atoms with Crippen LogP contribution in [0.15, 0.2) is 23.2 Å². The zero-order valence-corrected chi connectivity index (χ0v) is 13.1. The average molecular weight is 307 g/mol. The summed E-state index contributed by atoms with van der Waals surface area (Å²) < 4.78 is 0. The topological polar surface area (TPSA) is 53.6 Å². The molecule has 0 saturated heterocycles. The first-order valence-corrected chi connectivity index (χ1v) is 8.15. The monoisotopic (exact) mass is 306 g/mol. The second-order valence-corrected chi connectivity index (χ2v) is 6.35. The predicted molar refractivity (Wildman–Crippen MR) is 87.7 cm³/mol. The van der Waals surface area contributed by atoms with Gasteiger partial charge in [0, 0.05) is 30.7 Å². The number of aliphatic imine (C=N–C) groups is 1. The van der Waals surface area contributed by atoms with E-state index in [0.29, 0.717) is 12.0 Å². The first-order chi connectivity index (χ1) is 10.2. The third-order valence-corrected chi connectivity index (χ3v) is 4.80. The summed E-state index contributed by atoms with van der Waals surface area (Å²) in [6, 6.07) is 6.73. The van der Waals surface area contributed by atoms with Crippen LogP contribution in [-0.2, 0) is 13.0 Å². The van der Waals surface area contributed by atoms with Gasteiger partial charge in [0.05, 0.1) is 6.54 Å². The largest absolute Gasteiger partial charge is 0.370 e. The van der Waals surface area contributed by atoms with Gasteiger partial charge in [-0.2, -0.15) is 0 Å². The maximum absolute atomic E-state index is 6.24. The Kier molecular flexibility index (Phi) is 4.66. The highest BCUT2D eigenvalue weighted by atomic mass is 35.5. The lowest BCUT2D eigenvalue weighted by atomic mass is 9.93. The normalized spacial score (nSPS) is 20.0. The minimum atomic E-state index is 0.553. The quantitative estimate of drug-likeness (QED) is 0.662. The molecule has 1 heterocycles. The van der Waals surface area contributed by atoms with E-state index in [-0.39, 0.29) is 0 Å². The van der Waals surface area contributed by atoms with E-state index < -0.39 is 0 Å². The van der Waals surface area contributed by atoms with Crippen molar-refractivity contribution in [3.05, 3.63) is 34.3 Å². The van der Waals surface area contributed by atoms with Crippen LogP contribution in [-0.4, -0.2) is 36.5 Å². The van der Waals surface area contributed by atoms with E-state index in [0.717, 1.165) is 37.6 Å². The lowest BCUT2D eigenvalue weighted by Gasteiger charge is -2.29. The van der Waals surface area contributed by atoms with Gasteiger partial charge in [0.15, 0.2) is 5.96 Å². The van der Waals surface area contributed by atoms with Crippen molar-refractivity contribution in [2.75, 3.05) is 19.6 Å². The summed E-state index contributed by atoms with van der Waals surface area (Å²) in [5.74, 6) is 0.597. The summed E-state index contributed by atoms with van der Waals surface area (Å²) in [5.41, 5.74) is 8.55. The van der Waals surface area contributed by atoms with Gasteiger partial charge in [-0.05, 0) is 42.9 Å². The SMILES string of the molecule is NC(=NCCN1CCc2c(Cl)cccc2C1)NC1CCC1. The fourth-order valence-corrected chi connectivity index (χ4v) is 3.22. The maximum atomic E-state index is 6.24. The molecule has 1 fully saturated rings. The highest BCUT2D eigenvalue weighted by molar-refractivity contribution is 6.31. The van der Waals surface area contributed by atoms with E-state index >= 15 is 0 Å². The van der Waals surface area contributed by atoms with E-state index in [4.69, 9.17) is 17.3 Å². The molecule has 0 bridgehead atoms. The molecular weight excluding hydrogens is 284 g/mol. The van der Waals surface area contributed by atoms with Crippen LogP contribution >= 0.6 is 11.6 Å². The standard InChI is InChI=1S/C16H23ClN4/c17-15-6-1-3-12-11-21(9-7-14(12)15)10-8-19-16(18)20-13-4-2-5-13/h1,3,6,13H,2,4-5,7-11H2,(H3,18,19,20). The number of benzene rings is 1. The number of nitrogens with one attached hydrogen (secondary N) is 1. The Morgan fingerprint density at radius 2 is 2.29 bits per heavy atom. The van der Waals surface area contributed by atoms with Gasteiger partial charge in [-0.25, -0.2) is 0 Å². The summed E-state index contributed by atoms with van der Waals surface area (Å²) in [5, 5.41) is 4.17. The third kappa shape index (κ3) is 3.69. The first kappa shape index (κ1) is 14.7. The maximum Gasteiger partial charge on any atom is 0.188 e. The van der Waals surface area contributed by atoms with Gasteiger partial charge in [0.1, 0.15) is 0 Å². The second-order valence-electron chi connectivity index (χ2n) is 5.94. The zero-order valence-electron chi connectivity index (χ0n) is 12.3. The Balaban J connectivity index is 1.47.